The Bertz CT molecular complexity index is 906. The molecule has 1 aliphatic carbocycles. The molecule has 1 fully saturated rings. The maximum absolute atomic E-state index is 13.1. The fourth-order valence-electron chi connectivity index (χ4n) is 2.80. The van der Waals surface area contributed by atoms with E-state index in [-0.39, 0.29) is 17.8 Å². The summed E-state index contributed by atoms with van der Waals surface area (Å²) in [5.74, 6) is -1.03. The maximum atomic E-state index is 13.1. The molecule has 0 unspecified atom stereocenters. The Morgan fingerprint density at radius 3 is 2.44 bits per heavy atom. The van der Waals surface area contributed by atoms with Gasteiger partial charge in [-0.05, 0) is 30.5 Å². The zero-order valence-corrected chi connectivity index (χ0v) is 17.1. The smallest absolute Gasteiger partial charge is 0.282 e. The lowest BCUT2D eigenvalue weighted by Crippen LogP contribution is -2.44. The van der Waals surface area contributed by atoms with E-state index in [1.54, 1.807) is 12.1 Å². The van der Waals surface area contributed by atoms with Crippen molar-refractivity contribution in [3.05, 3.63) is 49.7 Å². The Morgan fingerprint density at radius 1 is 1.33 bits per heavy atom. The van der Waals surface area contributed by atoms with Gasteiger partial charge in [0.2, 0.25) is 0 Å². The van der Waals surface area contributed by atoms with Gasteiger partial charge in [0.1, 0.15) is 5.69 Å². The Hall–Kier alpha value is -1.51. The Labute approximate surface area is 172 Å². The van der Waals surface area contributed by atoms with Crippen LogP contribution in [0.4, 0.5) is 8.78 Å². The highest BCUT2D eigenvalue weighted by Crippen LogP contribution is 2.39. The van der Waals surface area contributed by atoms with E-state index in [4.69, 9.17) is 23.2 Å². The first-order valence-corrected chi connectivity index (χ1v) is 9.49. The molecule has 0 saturated heterocycles. The highest BCUT2D eigenvalue weighted by Gasteiger charge is 2.51. The fourth-order valence-corrected chi connectivity index (χ4v) is 4.14. The van der Waals surface area contributed by atoms with Crippen LogP contribution in [0.3, 0.4) is 0 Å². The van der Waals surface area contributed by atoms with Crippen LogP contribution in [0.25, 0.3) is 0 Å². The van der Waals surface area contributed by atoms with Gasteiger partial charge in [0, 0.05) is 34.2 Å². The average molecular weight is 481 g/mol. The van der Waals surface area contributed by atoms with Crippen LogP contribution in [0, 0.1) is 0 Å². The minimum Gasteiger partial charge on any atom is -0.339 e. The lowest BCUT2D eigenvalue weighted by Gasteiger charge is -2.17. The van der Waals surface area contributed by atoms with Gasteiger partial charge in [-0.25, -0.2) is 8.78 Å². The number of aryl methyl sites for hydroxylation is 1. The molecule has 1 aromatic heterocycles. The van der Waals surface area contributed by atoms with Crippen LogP contribution in [0.15, 0.2) is 22.8 Å². The molecule has 1 saturated carbocycles. The van der Waals surface area contributed by atoms with Crippen LogP contribution >= 0.6 is 39.1 Å². The molecule has 10 heteroatoms. The second-order valence-corrected chi connectivity index (χ2v) is 8.12. The van der Waals surface area contributed by atoms with Gasteiger partial charge < -0.3 is 5.32 Å². The van der Waals surface area contributed by atoms with Crippen molar-refractivity contribution in [3.63, 3.8) is 0 Å². The van der Waals surface area contributed by atoms with Gasteiger partial charge in [0.05, 0.1) is 11.1 Å². The van der Waals surface area contributed by atoms with E-state index in [0.29, 0.717) is 32.9 Å². The molecule has 0 spiro atoms. The number of ketones is 1. The molecule has 3 rings (SSSR count). The number of hydrogen-bond donors (Lipinski definition) is 1. The number of halogens is 5. The largest absolute Gasteiger partial charge is 0.339 e. The van der Waals surface area contributed by atoms with Crippen LogP contribution in [0.5, 0.6) is 0 Å². The standard InChI is InChI=1S/C17H14BrCl2F2N3O2/c1-25-7-10(14(24-25)15(21)22)16(27)23-17(2-3-17)13(26)6-9-11(19)4-8(18)5-12(9)20/h4-5,7,15H,2-3,6H2,1H3,(H,23,27). The molecule has 27 heavy (non-hydrogen) atoms. The van der Waals surface area contributed by atoms with Gasteiger partial charge >= 0.3 is 0 Å². The molecule has 0 bridgehead atoms. The number of Topliss-reactive ketones (excluding diaryl/α,β-unsaturated/α-hetero) is 1. The van der Waals surface area contributed by atoms with Crippen LogP contribution in [0.1, 0.15) is 40.9 Å². The van der Waals surface area contributed by atoms with Gasteiger partial charge in [-0.3, -0.25) is 14.3 Å². The molecular weight excluding hydrogens is 467 g/mol. The third kappa shape index (κ3) is 4.17. The molecule has 1 amide bonds. The van der Waals surface area contributed by atoms with E-state index in [9.17, 15) is 18.4 Å². The summed E-state index contributed by atoms with van der Waals surface area (Å²) in [6.07, 6.45) is -0.903. The molecule has 2 aromatic rings. The van der Waals surface area contributed by atoms with Gasteiger partial charge in [-0.2, -0.15) is 5.10 Å². The summed E-state index contributed by atoms with van der Waals surface area (Å²) in [4.78, 5) is 25.2. The van der Waals surface area contributed by atoms with Crippen molar-refractivity contribution in [2.45, 2.75) is 31.2 Å². The van der Waals surface area contributed by atoms with E-state index < -0.39 is 23.6 Å². The van der Waals surface area contributed by atoms with Crippen LogP contribution in [-0.2, 0) is 18.3 Å². The second-order valence-electron chi connectivity index (χ2n) is 6.39. The first kappa shape index (κ1) is 20.2. The number of nitrogens with zero attached hydrogens (tertiary/aromatic N) is 2. The predicted octanol–water partition coefficient (Wildman–Crippen LogP) is 4.50. The summed E-state index contributed by atoms with van der Waals surface area (Å²) in [6.45, 7) is 0. The predicted molar refractivity (Wildman–Crippen MR) is 100 cm³/mol. The molecule has 0 radical (unpaired) electrons. The van der Waals surface area contributed by atoms with E-state index in [1.165, 1.54) is 13.2 Å². The Morgan fingerprint density at radius 2 is 1.93 bits per heavy atom. The second kappa shape index (κ2) is 7.48. The monoisotopic (exact) mass is 479 g/mol. The van der Waals surface area contributed by atoms with Crippen molar-refractivity contribution in [1.29, 1.82) is 0 Å². The SMILES string of the molecule is Cn1cc(C(=O)NC2(C(=O)Cc3c(Cl)cc(Br)cc3Cl)CC2)c(C(F)F)n1. The number of aromatic nitrogens is 2. The Kier molecular flexibility index (Phi) is 5.61. The van der Waals surface area contributed by atoms with E-state index in [2.05, 4.69) is 26.3 Å². The molecule has 1 aliphatic rings. The number of rotatable bonds is 6. The van der Waals surface area contributed by atoms with E-state index in [1.807, 2.05) is 0 Å². The van der Waals surface area contributed by atoms with Crippen molar-refractivity contribution in [1.82, 2.24) is 15.1 Å². The molecule has 1 N–H and O–H groups in total. The molecule has 0 aliphatic heterocycles. The van der Waals surface area contributed by atoms with Gasteiger partial charge in [0.25, 0.3) is 12.3 Å². The van der Waals surface area contributed by atoms with Crippen LogP contribution < -0.4 is 5.32 Å². The molecule has 5 nitrogen and oxygen atoms in total. The molecule has 0 atom stereocenters. The third-order valence-electron chi connectivity index (χ3n) is 4.39. The van der Waals surface area contributed by atoms with Crippen molar-refractivity contribution < 1.29 is 18.4 Å². The zero-order valence-electron chi connectivity index (χ0n) is 14.0. The van der Waals surface area contributed by atoms with Gasteiger partial charge in [-0.15, -0.1) is 0 Å². The molecule has 1 heterocycles. The third-order valence-corrected chi connectivity index (χ3v) is 5.52. The van der Waals surface area contributed by atoms with Gasteiger partial charge in [0.15, 0.2) is 5.78 Å². The molecule has 1 aromatic carbocycles. The van der Waals surface area contributed by atoms with Crippen molar-refractivity contribution >= 4 is 50.8 Å². The summed E-state index contributed by atoms with van der Waals surface area (Å²) >= 11 is 15.6. The summed E-state index contributed by atoms with van der Waals surface area (Å²) in [5.41, 5.74) is -1.49. The van der Waals surface area contributed by atoms with Crippen molar-refractivity contribution in [2.24, 2.45) is 7.05 Å². The van der Waals surface area contributed by atoms with Gasteiger partial charge in [-0.1, -0.05) is 39.1 Å². The van der Waals surface area contributed by atoms with Crippen LogP contribution in [0.2, 0.25) is 10.0 Å². The summed E-state index contributed by atoms with van der Waals surface area (Å²) in [7, 11) is 1.44. The number of amides is 1. The van der Waals surface area contributed by atoms with E-state index >= 15 is 0 Å². The number of carbonyl (C=O) groups is 2. The van der Waals surface area contributed by atoms with Crippen molar-refractivity contribution in [3.8, 4) is 0 Å². The van der Waals surface area contributed by atoms with Crippen molar-refractivity contribution in [2.75, 3.05) is 0 Å². The minimum absolute atomic E-state index is 0.0695. The number of alkyl halides is 2. The lowest BCUT2D eigenvalue weighted by atomic mass is 10.0. The van der Waals surface area contributed by atoms with E-state index in [0.717, 1.165) is 4.68 Å². The number of hydrogen-bond acceptors (Lipinski definition) is 3. The topological polar surface area (TPSA) is 64.0 Å². The Balaban J connectivity index is 1.78. The number of carbonyl (C=O) groups excluding carboxylic acids is 2. The normalized spacial score (nSPS) is 15.1. The summed E-state index contributed by atoms with van der Waals surface area (Å²) in [5, 5.41) is 6.86. The average Bonchev–Trinajstić information content (AvgIpc) is 3.23. The zero-order chi connectivity index (χ0) is 19.9. The highest BCUT2D eigenvalue weighted by atomic mass is 79.9. The maximum Gasteiger partial charge on any atom is 0.282 e. The number of nitrogens with one attached hydrogen (secondary N) is 1. The molecular formula is C17H14BrCl2F2N3O2. The summed E-state index contributed by atoms with van der Waals surface area (Å²) < 4.78 is 27.9. The fraction of sp³-hybridized carbons (Fsp3) is 0.353. The highest BCUT2D eigenvalue weighted by molar-refractivity contribution is 9.10. The first-order chi connectivity index (χ1) is 12.6. The minimum atomic E-state index is -2.89. The van der Waals surface area contributed by atoms with Crippen LogP contribution in [-0.4, -0.2) is 27.0 Å². The lowest BCUT2D eigenvalue weighted by molar-refractivity contribution is -0.121. The number of benzene rings is 1. The molecule has 144 valence electrons. The quantitative estimate of drug-likeness (QED) is 0.661. The first-order valence-electron chi connectivity index (χ1n) is 7.94. The summed E-state index contributed by atoms with van der Waals surface area (Å²) in [6, 6.07) is 3.25.